The van der Waals surface area contributed by atoms with E-state index in [1.807, 2.05) is 24.3 Å². The number of nitrogens with zero attached hydrogens (tertiary/aromatic N) is 1. The minimum Gasteiger partial charge on any atom is -0.391 e. The molecule has 0 bridgehead atoms. The second-order valence-corrected chi connectivity index (χ2v) is 3.15. The molecule has 1 fully saturated rings. The third-order valence-electron chi connectivity index (χ3n) is 2.23. The Labute approximate surface area is 72.4 Å². The maximum absolute atomic E-state index is 9.31. The van der Waals surface area contributed by atoms with Gasteiger partial charge < -0.3 is 10.0 Å². The number of rotatable bonds is 1. The van der Waals surface area contributed by atoms with Crippen molar-refractivity contribution in [2.75, 3.05) is 18.0 Å². The van der Waals surface area contributed by atoms with E-state index in [1.54, 1.807) is 0 Å². The number of hydrogen-bond acceptors (Lipinski definition) is 2. The molecule has 0 spiro atoms. The van der Waals surface area contributed by atoms with Crippen LogP contribution in [0.25, 0.3) is 0 Å². The largest absolute Gasteiger partial charge is 0.391 e. The van der Waals surface area contributed by atoms with Crippen LogP contribution < -0.4 is 4.90 Å². The van der Waals surface area contributed by atoms with Crippen LogP contribution in [-0.2, 0) is 0 Å². The molecule has 1 aliphatic heterocycles. The van der Waals surface area contributed by atoms with Gasteiger partial charge in [0.2, 0.25) is 0 Å². The lowest BCUT2D eigenvalue weighted by Gasteiger charge is -2.16. The highest BCUT2D eigenvalue weighted by molar-refractivity contribution is 5.46. The third-order valence-corrected chi connectivity index (χ3v) is 2.23. The van der Waals surface area contributed by atoms with Crippen molar-refractivity contribution in [2.45, 2.75) is 12.5 Å². The van der Waals surface area contributed by atoms with E-state index in [-0.39, 0.29) is 6.10 Å². The van der Waals surface area contributed by atoms with E-state index in [4.69, 9.17) is 0 Å². The summed E-state index contributed by atoms with van der Waals surface area (Å²) in [6.07, 6.45) is 0.743. The molecular formula is C10H12NO. The van der Waals surface area contributed by atoms with Gasteiger partial charge in [0.15, 0.2) is 0 Å². The van der Waals surface area contributed by atoms with E-state index in [2.05, 4.69) is 11.0 Å². The van der Waals surface area contributed by atoms with Crippen LogP contribution in [0.5, 0.6) is 0 Å². The van der Waals surface area contributed by atoms with Crippen molar-refractivity contribution in [3.05, 3.63) is 30.3 Å². The molecule has 12 heavy (non-hydrogen) atoms. The summed E-state index contributed by atoms with van der Waals surface area (Å²) in [5, 5.41) is 9.31. The van der Waals surface area contributed by atoms with E-state index in [0.29, 0.717) is 0 Å². The maximum Gasteiger partial charge on any atom is 0.0731 e. The van der Waals surface area contributed by atoms with E-state index in [0.717, 1.165) is 19.5 Å². The second kappa shape index (κ2) is 3.15. The molecule has 0 unspecified atom stereocenters. The van der Waals surface area contributed by atoms with Gasteiger partial charge in [0.05, 0.1) is 6.10 Å². The SMILES string of the molecule is O[C@H]1CCN(c2cc[c]cc2)C1. The molecule has 1 aromatic carbocycles. The highest BCUT2D eigenvalue weighted by Gasteiger charge is 2.19. The van der Waals surface area contributed by atoms with Crippen LogP contribution in [0, 0.1) is 6.07 Å². The highest BCUT2D eigenvalue weighted by Crippen LogP contribution is 2.18. The first-order valence-electron chi connectivity index (χ1n) is 4.25. The van der Waals surface area contributed by atoms with Crippen LogP contribution in [0.1, 0.15) is 6.42 Å². The Kier molecular flexibility index (Phi) is 2.00. The second-order valence-electron chi connectivity index (χ2n) is 3.15. The van der Waals surface area contributed by atoms with E-state index >= 15 is 0 Å². The summed E-state index contributed by atoms with van der Waals surface area (Å²) in [6, 6.07) is 10.8. The molecule has 2 nitrogen and oxygen atoms in total. The number of anilines is 1. The first-order chi connectivity index (χ1) is 5.86. The van der Waals surface area contributed by atoms with Gasteiger partial charge in [0, 0.05) is 18.8 Å². The monoisotopic (exact) mass is 162 g/mol. The summed E-state index contributed by atoms with van der Waals surface area (Å²) in [5.74, 6) is 0. The van der Waals surface area contributed by atoms with E-state index in [9.17, 15) is 5.11 Å². The maximum atomic E-state index is 9.31. The van der Waals surface area contributed by atoms with Gasteiger partial charge in [-0.2, -0.15) is 0 Å². The van der Waals surface area contributed by atoms with Crippen molar-refractivity contribution in [1.29, 1.82) is 0 Å². The van der Waals surface area contributed by atoms with Gasteiger partial charge in [-0.25, -0.2) is 0 Å². The van der Waals surface area contributed by atoms with Crippen molar-refractivity contribution in [1.82, 2.24) is 0 Å². The quantitative estimate of drug-likeness (QED) is 0.667. The Bertz CT molecular complexity index is 247. The molecule has 1 atom stereocenters. The summed E-state index contributed by atoms with van der Waals surface area (Å²) in [7, 11) is 0. The van der Waals surface area contributed by atoms with Crippen LogP contribution in [0.2, 0.25) is 0 Å². The lowest BCUT2D eigenvalue weighted by Crippen LogP contribution is -2.20. The normalized spacial score (nSPS) is 23.1. The fraction of sp³-hybridized carbons (Fsp3) is 0.400. The average molecular weight is 162 g/mol. The first kappa shape index (κ1) is 7.62. The van der Waals surface area contributed by atoms with Gasteiger partial charge in [-0.1, -0.05) is 12.1 Å². The standard InChI is InChI=1S/C10H12NO/c12-10-6-7-11(8-10)9-4-2-1-3-5-9/h2-5,10,12H,6-8H2/t10-/m0/s1. The number of β-amino-alcohol motifs (C(OH)–C–C–N with tert-alkyl or cyclic N) is 1. The highest BCUT2D eigenvalue weighted by atomic mass is 16.3. The molecule has 0 aliphatic carbocycles. The van der Waals surface area contributed by atoms with Gasteiger partial charge in [0.1, 0.15) is 0 Å². The van der Waals surface area contributed by atoms with Gasteiger partial charge in [-0.05, 0) is 24.6 Å². The molecule has 1 radical (unpaired) electrons. The Balaban J connectivity index is 2.11. The zero-order chi connectivity index (χ0) is 8.39. The minimum absolute atomic E-state index is 0.144. The number of aliphatic hydroxyl groups is 1. The fourth-order valence-corrected chi connectivity index (χ4v) is 1.57. The van der Waals surface area contributed by atoms with Gasteiger partial charge in [0.25, 0.3) is 0 Å². The molecular weight excluding hydrogens is 150 g/mol. The number of benzene rings is 1. The molecule has 0 saturated carbocycles. The predicted molar refractivity (Wildman–Crippen MR) is 48.1 cm³/mol. The predicted octanol–water partition coefficient (Wildman–Crippen LogP) is 1.06. The first-order valence-corrected chi connectivity index (χ1v) is 4.25. The van der Waals surface area contributed by atoms with Crippen LogP contribution >= 0.6 is 0 Å². The van der Waals surface area contributed by atoms with Crippen LogP contribution in [0.15, 0.2) is 24.3 Å². The molecule has 1 heterocycles. The van der Waals surface area contributed by atoms with Gasteiger partial charge in [-0.3, -0.25) is 0 Å². The van der Waals surface area contributed by atoms with Crippen LogP contribution in [-0.4, -0.2) is 24.3 Å². The molecule has 2 heteroatoms. The molecule has 0 aromatic heterocycles. The van der Waals surface area contributed by atoms with E-state index < -0.39 is 0 Å². The summed E-state index contributed by atoms with van der Waals surface area (Å²) in [6.45, 7) is 1.73. The molecule has 0 amide bonds. The van der Waals surface area contributed by atoms with Gasteiger partial charge >= 0.3 is 0 Å². The average Bonchev–Trinajstić information content (AvgIpc) is 2.54. The Morgan fingerprint density at radius 3 is 2.75 bits per heavy atom. The fourth-order valence-electron chi connectivity index (χ4n) is 1.57. The topological polar surface area (TPSA) is 23.5 Å². The van der Waals surface area contributed by atoms with Crippen molar-refractivity contribution in [3.63, 3.8) is 0 Å². The number of aliphatic hydroxyl groups excluding tert-OH is 1. The Morgan fingerprint density at radius 2 is 2.17 bits per heavy atom. The summed E-state index contributed by atoms with van der Waals surface area (Å²) in [4.78, 5) is 2.19. The Morgan fingerprint density at radius 1 is 1.42 bits per heavy atom. The van der Waals surface area contributed by atoms with Crippen molar-refractivity contribution >= 4 is 5.69 Å². The molecule has 1 saturated heterocycles. The van der Waals surface area contributed by atoms with Crippen molar-refractivity contribution in [2.24, 2.45) is 0 Å². The molecule has 1 aliphatic rings. The van der Waals surface area contributed by atoms with Crippen LogP contribution in [0.3, 0.4) is 0 Å². The van der Waals surface area contributed by atoms with Crippen molar-refractivity contribution < 1.29 is 5.11 Å². The minimum atomic E-state index is -0.144. The van der Waals surface area contributed by atoms with E-state index in [1.165, 1.54) is 5.69 Å². The zero-order valence-electron chi connectivity index (χ0n) is 6.90. The smallest absolute Gasteiger partial charge is 0.0731 e. The zero-order valence-corrected chi connectivity index (χ0v) is 6.90. The Hall–Kier alpha value is -1.02. The molecule has 1 N–H and O–H groups in total. The third kappa shape index (κ3) is 1.43. The lowest BCUT2D eigenvalue weighted by atomic mass is 10.3. The molecule has 2 rings (SSSR count). The molecule has 1 aromatic rings. The van der Waals surface area contributed by atoms with Crippen molar-refractivity contribution in [3.8, 4) is 0 Å². The number of hydrogen-bond donors (Lipinski definition) is 1. The van der Waals surface area contributed by atoms with Crippen LogP contribution in [0.4, 0.5) is 5.69 Å². The summed E-state index contributed by atoms with van der Waals surface area (Å²) >= 11 is 0. The van der Waals surface area contributed by atoms with Gasteiger partial charge in [-0.15, -0.1) is 0 Å². The molecule has 63 valence electrons. The summed E-state index contributed by atoms with van der Waals surface area (Å²) < 4.78 is 0. The summed E-state index contributed by atoms with van der Waals surface area (Å²) in [5.41, 5.74) is 1.19. The lowest BCUT2D eigenvalue weighted by molar-refractivity contribution is 0.198.